The first-order valence-corrected chi connectivity index (χ1v) is 9.26. The van der Waals surface area contributed by atoms with E-state index < -0.39 is 0 Å². The van der Waals surface area contributed by atoms with Crippen molar-refractivity contribution in [3.05, 3.63) is 102 Å². The minimum Gasteiger partial charge on any atom is -0.322 e. The summed E-state index contributed by atoms with van der Waals surface area (Å²) in [7, 11) is 0. The number of hydrogen-bond donors (Lipinski definition) is 1. The number of carbonyl (C=O) groups is 2. The molecule has 0 radical (unpaired) electrons. The quantitative estimate of drug-likeness (QED) is 0.425. The van der Waals surface area contributed by atoms with Gasteiger partial charge in [-0.1, -0.05) is 60.7 Å². The number of nitrogens with one attached hydrogen (secondary N) is 1. The zero-order valence-electron chi connectivity index (χ0n) is 15.2. The van der Waals surface area contributed by atoms with Crippen LogP contribution in [-0.4, -0.2) is 11.7 Å². The standard InChI is InChI=1S/C24H23NO2/c26-23(14-8-7-11-19-9-3-1-4-10-19)20-15-17-21(18-16-20)24(27)25-22-12-5-2-6-13-22/h1-6,9-10,12-13,15-18H,7-8,11,14H2,(H,25,27). The lowest BCUT2D eigenvalue weighted by atomic mass is 10.0. The SMILES string of the molecule is O=C(CCCCc1ccccc1)c1ccc(C(=O)Nc2ccccc2)cc1. The largest absolute Gasteiger partial charge is 0.322 e. The molecule has 0 atom stereocenters. The monoisotopic (exact) mass is 357 g/mol. The van der Waals surface area contributed by atoms with Gasteiger partial charge in [0.25, 0.3) is 5.91 Å². The second-order valence-electron chi connectivity index (χ2n) is 6.51. The molecule has 0 unspecified atom stereocenters. The first-order chi connectivity index (χ1) is 13.2. The summed E-state index contributed by atoms with van der Waals surface area (Å²) in [5, 5.41) is 2.84. The van der Waals surface area contributed by atoms with Crippen LogP contribution in [-0.2, 0) is 6.42 Å². The summed E-state index contributed by atoms with van der Waals surface area (Å²) in [4.78, 5) is 24.6. The minimum atomic E-state index is -0.178. The summed E-state index contributed by atoms with van der Waals surface area (Å²) >= 11 is 0. The Morgan fingerprint density at radius 1 is 0.667 bits per heavy atom. The Bertz CT molecular complexity index is 871. The van der Waals surface area contributed by atoms with E-state index in [1.165, 1.54) is 5.56 Å². The molecule has 0 fully saturated rings. The minimum absolute atomic E-state index is 0.123. The number of rotatable bonds is 8. The van der Waals surface area contributed by atoms with Gasteiger partial charge in [0, 0.05) is 23.2 Å². The predicted molar refractivity (Wildman–Crippen MR) is 109 cm³/mol. The van der Waals surface area contributed by atoms with E-state index in [1.807, 2.05) is 48.5 Å². The van der Waals surface area contributed by atoms with Crippen LogP contribution in [0.3, 0.4) is 0 Å². The summed E-state index contributed by atoms with van der Waals surface area (Å²) in [5.74, 6) is -0.0545. The Labute approximate surface area is 160 Å². The number of ketones is 1. The van der Waals surface area contributed by atoms with Crippen LogP contribution in [0.25, 0.3) is 0 Å². The molecular weight excluding hydrogens is 334 g/mol. The van der Waals surface area contributed by atoms with Gasteiger partial charge in [-0.05, 0) is 49.1 Å². The summed E-state index contributed by atoms with van der Waals surface area (Å²) in [6, 6.07) is 26.5. The molecule has 136 valence electrons. The van der Waals surface area contributed by atoms with E-state index >= 15 is 0 Å². The van der Waals surface area contributed by atoms with Gasteiger partial charge in [-0.2, -0.15) is 0 Å². The number of Topliss-reactive ketones (excluding diaryl/α,β-unsaturated/α-hetero) is 1. The molecule has 27 heavy (non-hydrogen) atoms. The number of para-hydroxylation sites is 1. The average Bonchev–Trinajstić information content (AvgIpc) is 2.72. The smallest absolute Gasteiger partial charge is 0.255 e. The maximum absolute atomic E-state index is 12.3. The summed E-state index contributed by atoms with van der Waals surface area (Å²) in [6.07, 6.45) is 3.38. The number of unbranched alkanes of at least 4 members (excludes halogenated alkanes) is 1. The number of carbonyl (C=O) groups excluding carboxylic acids is 2. The van der Waals surface area contributed by atoms with Crippen LogP contribution < -0.4 is 5.32 Å². The Kier molecular flexibility index (Phi) is 6.53. The molecule has 0 aliphatic carbocycles. The van der Waals surface area contributed by atoms with E-state index in [4.69, 9.17) is 0 Å². The Morgan fingerprint density at radius 2 is 1.26 bits per heavy atom. The van der Waals surface area contributed by atoms with Gasteiger partial charge < -0.3 is 5.32 Å². The van der Waals surface area contributed by atoms with Crippen molar-refractivity contribution in [1.82, 2.24) is 0 Å². The van der Waals surface area contributed by atoms with Gasteiger partial charge in [0.15, 0.2) is 5.78 Å². The predicted octanol–water partition coefficient (Wildman–Crippen LogP) is 5.53. The number of anilines is 1. The van der Waals surface area contributed by atoms with Gasteiger partial charge in [-0.3, -0.25) is 9.59 Å². The van der Waals surface area contributed by atoms with Crippen molar-refractivity contribution in [3.63, 3.8) is 0 Å². The van der Waals surface area contributed by atoms with Gasteiger partial charge in [-0.15, -0.1) is 0 Å². The molecule has 3 nitrogen and oxygen atoms in total. The van der Waals surface area contributed by atoms with E-state index in [2.05, 4.69) is 17.4 Å². The van der Waals surface area contributed by atoms with E-state index in [0.717, 1.165) is 24.9 Å². The fourth-order valence-corrected chi connectivity index (χ4v) is 2.94. The maximum atomic E-state index is 12.3. The molecule has 0 spiro atoms. The third kappa shape index (κ3) is 5.65. The molecule has 3 heteroatoms. The van der Waals surface area contributed by atoms with Crippen molar-refractivity contribution in [3.8, 4) is 0 Å². The van der Waals surface area contributed by atoms with Crippen LogP contribution in [0, 0.1) is 0 Å². The van der Waals surface area contributed by atoms with E-state index in [-0.39, 0.29) is 11.7 Å². The Morgan fingerprint density at radius 3 is 1.93 bits per heavy atom. The lowest BCUT2D eigenvalue weighted by molar-refractivity contribution is 0.0976. The molecule has 3 aromatic carbocycles. The highest BCUT2D eigenvalue weighted by Gasteiger charge is 2.09. The van der Waals surface area contributed by atoms with Crippen LogP contribution in [0.1, 0.15) is 45.5 Å². The van der Waals surface area contributed by atoms with Crippen LogP contribution in [0.15, 0.2) is 84.9 Å². The molecule has 0 heterocycles. The molecule has 3 rings (SSSR count). The highest BCUT2D eigenvalue weighted by Crippen LogP contribution is 2.13. The van der Waals surface area contributed by atoms with Gasteiger partial charge >= 0.3 is 0 Å². The molecular formula is C24H23NO2. The summed E-state index contributed by atoms with van der Waals surface area (Å²) in [6.45, 7) is 0. The van der Waals surface area contributed by atoms with Crippen LogP contribution in [0.4, 0.5) is 5.69 Å². The van der Waals surface area contributed by atoms with Gasteiger partial charge in [0.2, 0.25) is 0 Å². The topological polar surface area (TPSA) is 46.2 Å². The molecule has 1 N–H and O–H groups in total. The lowest BCUT2D eigenvalue weighted by Crippen LogP contribution is -2.12. The van der Waals surface area contributed by atoms with Crippen molar-refractivity contribution in [2.75, 3.05) is 5.32 Å². The molecule has 0 saturated carbocycles. The Balaban J connectivity index is 1.47. The van der Waals surface area contributed by atoms with Crippen LogP contribution >= 0.6 is 0 Å². The fourth-order valence-electron chi connectivity index (χ4n) is 2.94. The molecule has 1 amide bonds. The first kappa shape index (κ1) is 18.6. The number of amides is 1. The third-order valence-corrected chi connectivity index (χ3v) is 4.46. The number of hydrogen-bond acceptors (Lipinski definition) is 2. The van der Waals surface area contributed by atoms with Crippen molar-refractivity contribution in [2.24, 2.45) is 0 Å². The molecule has 3 aromatic rings. The van der Waals surface area contributed by atoms with Crippen molar-refractivity contribution < 1.29 is 9.59 Å². The fraction of sp³-hybridized carbons (Fsp3) is 0.167. The maximum Gasteiger partial charge on any atom is 0.255 e. The summed E-state index contributed by atoms with van der Waals surface area (Å²) in [5.41, 5.74) is 3.25. The molecule has 0 aliphatic rings. The normalized spacial score (nSPS) is 10.4. The van der Waals surface area contributed by atoms with E-state index in [9.17, 15) is 9.59 Å². The van der Waals surface area contributed by atoms with Gasteiger partial charge in [-0.25, -0.2) is 0 Å². The van der Waals surface area contributed by atoms with Crippen molar-refractivity contribution >= 4 is 17.4 Å². The van der Waals surface area contributed by atoms with Gasteiger partial charge in [0.05, 0.1) is 0 Å². The zero-order valence-corrected chi connectivity index (χ0v) is 15.2. The highest BCUT2D eigenvalue weighted by molar-refractivity contribution is 6.05. The number of aryl methyl sites for hydroxylation is 1. The second kappa shape index (κ2) is 9.48. The van der Waals surface area contributed by atoms with Crippen molar-refractivity contribution in [2.45, 2.75) is 25.7 Å². The van der Waals surface area contributed by atoms with E-state index in [1.54, 1.807) is 24.3 Å². The summed E-state index contributed by atoms with van der Waals surface area (Å²) < 4.78 is 0. The molecule has 0 saturated heterocycles. The van der Waals surface area contributed by atoms with Gasteiger partial charge in [0.1, 0.15) is 0 Å². The molecule has 0 bridgehead atoms. The van der Waals surface area contributed by atoms with Crippen molar-refractivity contribution in [1.29, 1.82) is 0 Å². The van der Waals surface area contributed by atoms with Crippen LogP contribution in [0.5, 0.6) is 0 Å². The molecule has 0 aliphatic heterocycles. The third-order valence-electron chi connectivity index (χ3n) is 4.46. The van der Waals surface area contributed by atoms with E-state index in [0.29, 0.717) is 17.5 Å². The highest BCUT2D eigenvalue weighted by atomic mass is 16.1. The molecule has 0 aromatic heterocycles. The second-order valence-corrected chi connectivity index (χ2v) is 6.51. The zero-order chi connectivity index (χ0) is 18.9. The number of benzene rings is 3. The Hall–Kier alpha value is -3.20. The first-order valence-electron chi connectivity index (χ1n) is 9.26. The average molecular weight is 357 g/mol. The van der Waals surface area contributed by atoms with Crippen LogP contribution in [0.2, 0.25) is 0 Å². The lowest BCUT2D eigenvalue weighted by Gasteiger charge is -2.06.